The van der Waals surface area contributed by atoms with Crippen molar-refractivity contribution in [1.82, 2.24) is 0 Å². The van der Waals surface area contributed by atoms with Gasteiger partial charge in [0.15, 0.2) is 12.6 Å². The van der Waals surface area contributed by atoms with E-state index in [4.69, 9.17) is 19.3 Å². The van der Waals surface area contributed by atoms with Gasteiger partial charge in [0, 0.05) is 0 Å². The van der Waals surface area contributed by atoms with E-state index in [1.54, 1.807) is 0 Å². The maximum atomic E-state index is 9.93. The number of hydrogen-bond acceptors (Lipinski definition) is 10. The normalized spacial score (nSPS) is 53.5. The van der Waals surface area contributed by atoms with Gasteiger partial charge < -0.3 is 50.0 Å². The molecule has 0 aromatic rings. The highest BCUT2D eigenvalue weighted by Crippen LogP contribution is 2.28. The topological polar surface area (TPSA) is 169 Å². The summed E-state index contributed by atoms with van der Waals surface area (Å²) in [6.07, 6.45) is -14.3. The summed E-state index contributed by atoms with van der Waals surface area (Å²) in [6.45, 7) is 0.823. The van der Waals surface area contributed by atoms with Crippen LogP contribution in [0.4, 0.5) is 0 Å². The minimum absolute atomic E-state index is 0.619. The average molecular weight is 326 g/mol. The van der Waals surface area contributed by atoms with Gasteiger partial charge in [-0.05, 0) is 6.92 Å². The molecule has 2 saturated heterocycles. The number of hydrogen-bond donors (Lipinski definition) is 7. The number of aliphatic hydroxyl groups is 7. The van der Waals surface area contributed by atoms with Crippen molar-refractivity contribution >= 4 is 0 Å². The van der Waals surface area contributed by atoms with E-state index in [2.05, 4.69) is 0 Å². The van der Waals surface area contributed by atoms with Crippen LogP contribution in [0, 0.1) is 0 Å². The minimum Gasteiger partial charge on any atom is -0.394 e. The molecule has 130 valence electrons. The quantitative estimate of drug-likeness (QED) is 0.269. The smallest absolute Gasteiger partial charge is 0.187 e. The first-order chi connectivity index (χ1) is 10.3. The van der Waals surface area contributed by atoms with Gasteiger partial charge in [-0.15, -0.1) is 0 Å². The molecule has 0 aromatic heterocycles. The molecule has 0 amide bonds. The zero-order valence-corrected chi connectivity index (χ0v) is 11.8. The van der Waals surface area contributed by atoms with E-state index in [0.717, 1.165) is 0 Å². The van der Waals surface area contributed by atoms with Gasteiger partial charge in [0.1, 0.15) is 42.7 Å². The summed E-state index contributed by atoms with van der Waals surface area (Å²) in [6, 6.07) is 0. The molecule has 10 nitrogen and oxygen atoms in total. The highest BCUT2D eigenvalue weighted by molar-refractivity contribution is 4.92. The molecule has 0 saturated carbocycles. The van der Waals surface area contributed by atoms with Crippen LogP contribution in [0.2, 0.25) is 0 Å². The molecular formula is C12H22O10. The van der Waals surface area contributed by atoms with Crippen LogP contribution in [-0.4, -0.2) is 104 Å². The van der Waals surface area contributed by atoms with Crippen molar-refractivity contribution in [3.8, 4) is 0 Å². The molecule has 10 heteroatoms. The van der Waals surface area contributed by atoms with Crippen LogP contribution in [-0.2, 0) is 14.2 Å². The van der Waals surface area contributed by atoms with Crippen molar-refractivity contribution in [3.05, 3.63) is 0 Å². The lowest BCUT2D eigenvalue weighted by Crippen LogP contribution is -2.63. The Kier molecular flexibility index (Phi) is 5.72. The Hall–Kier alpha value is -0.400. The van der Waals surface area contributed by atoms with E-state index in [0.29, 0.717) is 0 Å². The molecule has 7 N–H and O–H groups in total. The minimum atomic E-state index is -1.69. The second kappa shape index (κ2) is 7.01. The number of ether oxygens (including phenoxy) is 3. The lowest BCUT2D eigenvalue weighted by atomic mass is 9.97. The van der Waals surface area contributed by atoms with Crippen molar-refractivity contribution in [2.45, 2.75) is 68.3 Å². The summed E-state index contributed by atoms with van der Waals surface area (Å²) >= 11 is 0. The van der Waals surface area contributed by atoms with E-state index in [1.807, 2.05) is 0 Å². The van der Waals surface area contributed by atoms with E-state index in [1.165, 1.54) is 6.92 Å². The van der Waals surface area contributed by atoms with Gasteiger partial charge in [0.2, 0.25) is 0 Å². The molecule has 0 spiro atoms. The lowest BCUT2D eigenvalue weighted by Gasteiger charge is -2.44. The van der Waals surface area contributed by atoms with Gasteiger partial charge >= 0.3 is 0 Å². The SMILES string of the molecule is C[C@@H]1O[C@@H](O[C@@H]2[C@@H](O)[C@H](O)[C@H](CO)O[C@H]2O)[C@H](O)[C@@H](O)[C@H]1O. The Bertz CT molecular complexity index is 368. The monoisotopic (exact) mass is 326 g/mol. The summed E-state index contributed by atoms with van der Waals surface area (Å²) in [5, 5.41) is 67.5. The summed E-state index contributed by atoms with van der Waals surface area (Å²) in [7, 11) is 0. The van der Waals surface area contributed by atoms with Crippen LogP contribution in [0.5, 0.6) is 0 Å². The molecule has 2 aliphatic heterocycles. The van der Waals surface area contributed by atoms with Gasteiger partial charge in [0.05, 0.1) is 12.7 Å². The Labute approximate surface area is 126 Å². The molecule has 22 heavy (non-hydrogen) atoms. The van der Waals surface area contributed by atoms with Crippen LogP contribution >= 0.6 is 0 Å². The first-order valence-corrected chi connectivity index (χ1v) is 6.93. The van der Waals surface area contributed by atoms with Crippen molar-refractivity contribution in [1.29, 1.82) is 0 Å². The second-order valence-corrected chi connectivity index (χ2v) is 5.51. The molecule has 2 rings (SSSR count). The predicted octanol–water partition coefficient (Wildman–Crippen LogP) is -4.37. The highest BCUT2D eigenvalue weighted by Gasteiger charge is 2.49. The molecule has 0 radical (unpaired) electrons. The maximum Gasteiger partial charge on any atom is 0.187 e. The van der Waals surface area contributed by atoms with Gasteiger partial charge in [-0.1, -0.05) is 0 Å². The highest BCUT2D eigenvalue weighted by atomic mass is 16.7. The summed E-state index contributed by atoms with van der Waals surface area (Å²) in [5.74, 6) is 0. The third-order valence-corrected chi connectivity index (χ3v) is 3.94. The van der Waals surface area contributed by atoms with Crippen LogP contribution in [0.15, 0.2) is 0 Å². The molecule has 0 aliphatic carbocycles. The molecular weight excluding hydrogens is 304 g/mol. The molecule has 2 heterocycles. The first kappa shape index (κ1) is 17.9. The lowest BCUT2D eigenvalue weighted by molar-refractivity contribution is -0.358. The fraction of sp³-hybridized carbons (Fsp3) is 1.00. The fourth-order valence-corrected chi connectivity index (χ4v) is 2.50. The molecule has 2 fully saturated rings. The predicted molar refractivity (Wildman–Crippen MR) is 67.2 cm³/mol. The maximum absolute atomic E-state index is 9.93. The Morgan fingerprint density at radius 2 is 1.45 bits per heavy atom. The van der Waals surface area contributed by atoms with E-state index in [9.17, 15) is 30.6 Å². The van der Waals surface area contributed by atoms with Gasteiger partial charge in [-0.2, -0.15) is 0 Å². The van der Waals surface area contributed by atoms with Gasteiger partial charge in [-0.3, -0.25) is 0 Å². The van der Waals surface area contributed by atoms with Crippen LogP contribution in [0.3, 0.4) is 0 Å². The first-order valence-electron chi connectivity index (χ1n) is 6.93. The van der Waals surface area contributed by atoms with Crippen LogP contribution in [0.1, 0.15) is 6.92 Å². The zero-order chi connectivity index (χ0) is 16.6. The second-order valence-electron chi connectivity index (χ2n) is 5.51. The third kappa shape index (κ3) is 3.26. The Balaban J connectivity index is 2.06. The summed E-state index contributed by atoms with van der Waals surface area (Å²) in [4.78, 5) is 0. The fourth-order valence-electron chi connectivity index (χ4n) is 2.50. The molecule has 0 unspecified atom stereocenters. The van der Waals surface area contributed by atoms with Gasteiger partial charge in [0.25, 0.3) is 0 Å². The summed E-state index contributed by atoms with van der Waals surface area (Å²) in [5.41, 5.74) is 0. The number of aliphatic hydroxyl groups excluding tert-OH is 7. The largest absolute Gasteiger partial charge is 0.394 e. The Morgan fingerprint density at radius 3 is 2.05 bits per heavy atom. The Morgan fingerprint density at radius 1 is 0.818 bits per heavy atom. The molecule has 10 atom stereocenters. The van der Waals surface area contributed by atoms with E-state index in [-0.39, 0.29) is 0 Å². The van der Waals surface area contributed by atoms with Crippen LogP contribution in [0.25, 0.3) is 0 Å². The molecule has 2 aliphatic rings. The van der Waals surface area contributed by atoms with Crippen molar-refractivity contribution in [2.75, 3.05) is 6.61 Å². The van der Waals surface area contributed by atoms with Crippen molar-refractivity contribution < 1.29 is 50.0 Å². The van der Waals surface area contributed by atoms with Crippen molar-refractivity contribution in [3.63, 3.8) is 0 Å². The average Bonchev–Trinajstić information content (AvgIpc) is 2.49. The molecule has 0 bridgehead atoms. The van der Waals surface area contributed by atoms with E-state index < -0.39 is 68.0 Å². The van der Waals surface area contributed by atoms with Crippen LogP contribution < -0.4 is 0 Å². The zero-order valence-electron chi connectivity index (χ0n) is 11.8. The molecule has 0 aromatic carbocycles. The standard InChI is InChI=1S/C12H22O10/c1-3-5(14)7(16)9(18)12(20-3)22-10-8(17)6(15)4(2-13)21-11(10)19/h3-19H,2H2,1H3/t3-,4-,5-,6+,7-,8-,9+,10+,11+,12-/m0/s1. The van der Waals surface area contributed by atoms with E-state index >= 15 is 0 Å². The summed E-state index contributed by atoms with van der Waals surface area (Å²) < 4.78 is 15.3. The van der Waals surface area contributed by atoms with Crippen molar-refractivity contribution in [2.24, 2.45) is 0 Å². The van der Waals surface area contributed by atoms with Gasteiger partial charge in [-0.25, -0.2) is 0 Å². The third-order valence-electron chi connectivity index (χ3n) is 3.94. The number of rotatable bonds is 3.